The Bertz CT molecular complexity index is 688. The minimum absolute atomic E-state index is 0.0666. The third-order valence-electron chi connectivity index (χ3n) is 4.12. The molecule has 0 aliphatic rings. The number of hydrogen-bond acceptors (Lipinski definition) is 5. The van der Waals surface area contributed by atoms with E-state index in [1.807, 2.05) is 0 Å². The van der Waals surface area contributed by atoms with Crippen molar-refractivity contribution in [3.8, 4) is 0 Å². The van der Waals surface area contributed by atoms with Gasteiger partial charge in [-0.05, 0) is 31.0 Å². The number of anilines is 1. The molecule has 0 saturated carbocycles. The summed E-state index contributed by atoms with van der Waals surface area (Å²) in [5, 5.41) is 5.53. The molecule has 2 N–H and O–H groups in total. The van der Waals surface area contributed by atoms with Gasteiger partial charge >= 0.3 is 0 Å². The quantitative estimate of drug-likeness (QED) is 0.480. The summed E-state index contributed by atoms with van der Waals surface area (Å²) < 4.78 is 5.04. The van der Waals surface area contributed by atoms with Crippen molar-refractivity contribution in [2.24, 2.45) is 0 Å². The molecule has 1 aromatic carbocycles. The fourth-order valence-electron chi connectivity index (χ4n) is 2.42. The summed E-state index contributed by atoms with van der Waals surface area (Å²) >= 11 is 0. The molecule has 0 atom stereocenters. The van der Waals surface area contributed by atoms with E-state index in [1.165, 1.54) is 11.8 Å². The van der Waals surface area contributed by atoms with E-state index < -0.39 is 0 Å². The van der Waals surface area contributed by atoms with Gasteiger partial charge in [-0.3, -0.25) is 19.2 Å². The second-order valence-corrected chi connectivity index (χ2v) is 6.79. The van der Waals surface area contributed by atoms with Gasteiger partial charge in [0.15, 0.2) is 5.78 Å². The summed E-state index contributed by atoms with van der Waals surface area (Å²) in [5.41, 5.74) is 1.46. The van der Waals surface area contributed by atoms with E-state index in [1.54, 1.807) is 31.3 Å². The van der Waals surface area contributed by atoms with Crippen molar-refractivity contribution in [3.63, 3.8) is 0 Å². The number of rotatable bonds is 13. The number of carbonyl (C=O) groups excluding carboxylic acids is 4. The summed E-state index contributed by atoms with van der Waals surface area (Å²) in [6.45, 7) is 4.15. The fraction of sp³-hybridized carbons (Fsp3) is 0.524. The van der Waals surface area contributed by atoms with Crippen LogP contribution in [0.25, 0.3) is 0 Å². The lowest BCUT2D eigenvalue weighted by atomic mass is 10.1. The van der Waals surface area contributed by atoms with Gasteiger partial charge in [0.05, 0.1) is 6.42 Å². The van der Waals surface area contributed by atoms with Gasteiger partial charge in [-0.15, -0.1) is 0 Å². The van der Waals surface area contributed by atoms with Gasteiger partial charge < -0.3 is 20.3 Å². The highest BCUT2D eigenvalue weighted by atomic mass is 16.5. The number of benzene rings is 1. The number of nitrogens with one attached hydrogen (secondary N) is 2. The van der Waals surface area contributed by atoms with Crippen molar-refractivity contribution < 1.29 is 23.9 Å². The predicted octanol–water partition coefficient (Wildman–Crippen LogP) is 1.22. The zero-order valence-electron chi connectivity index (χ0n) is 17.5. The second-order valence-electron chi connectivity index (χ2n) is 6.79. The van der Waals surface area contributed by atoms with Crippen LogP contribution < -0.4 is 15.5 Å². The van der Waals surface area contributed by atoms with Crippen molar-refractivity contribution in [1.82, 2.24) is 10.6 Å². The first-order valence-electron chi connectivity index (χ1n) is 9.79. The van der Waals surface area contributed by atoms with Gasteiger partial charge in [0.1, 0.15) is 13.2 Å². The number of likely N-dealkylation sites (N-methyl/N-ethyl adjacent to an activating group) is 1. The Morgan fingerprint density at radius 3 is 2.24 bits per heavy atom. The number of ether oxygens (including phenoxy) is 1. The molecule has 0 aliphatic carbocycles. The van der Waals surface area contributed by atoms with Crippen molar-refractivity contribution in [2.75, 3.05) is 38.3 Å². The Morgan fingerprint density at radius 2 is 1.62 bits per heavy atom. The zero-order chi connectivity index (χ0) is 21.6. The smallest absolute Gasteiger partial charge is 0.252 e. The van der Waals surface area contributed by atoms with Crippen LogP contribution in [0.2, 0.25) is 0 Å². The van der Waals surface area contributed by atoms with Crippen LogP contribution in [0.3, 0.4) is 0 Å². The molecule has 8 heteroatoms. The maximum absolute atomic E-state index is 12.0. The number of amides is 3. The van der Waals surface area contributed by atoms with E-state index in [4.69, 9.17) is 4.74 Å². The Balaban J connectivity index is 2.37. The molecule has 0 radical (unpaired) electrons. The molecule has 0 unspecified atom stereocenters. The average molecular weight is 405 g/mol. The standard InChI is InChI=1S/C21H31N3O5/c1-4-5-11-22-19(26)10-12-23-20(27)13-17-6-8-18(9-7-17)24(3)21(28)15-29-14-16(2)25/h6-9H,4-5,10-15H2,1-3H3,(H,22,26)(H,23,27). The fourth-order valence-corrected chi connectivity index (χ4v) is 2.42. The Hall–Kier alpha value is -2.74. The van der Waals surface area contributed by atoms with Crippen LogP contribution >= 0.6 is 0 Å². The van der Waals surface area contributed by atoms with Gasteiger partial charge in [0.25, 0.3) is 5.91 Å². The number of nitrogens with zero attached hydrogens (tertiary/aromatic N) is 1. The van der Waals surface area contributed by atoms with Gasteiger partial charge in [-0.2, -0.15) is 0 Å². The SMILES string of the molecule is CCCCNC(=O)CCNC(=O)Cc1ccc(N(C)C(=O)COCC(C)=O)cc1. The van der Waals surface area contributed by atoms with Crippen LogP contribution in [0.5, 0.6) is 0 Å². The monoisotopic (exact) mass is 405 g/mol. The van der Waals surface area contributed by atoms with Crippen molar-refractivity contribution in [1.29, 1.82) is 0 Å². The summed E-state index contributed by atoms with van der Waals surface area (Å²) in [6, 6.07) is 7.03. The zero-order valence-corrected chi connectivity index (χ0v) is 17.5. The Morgan fingerprint density at radius 1 is 0.966 bits per heavy atom. The number of hydrogen-bond donors (Lipinski definition) is 2. The van der Waals surface area contributed by atoms with Crippen molar-refractivity contribution >= 4 is 29.2 Å². The van der Waals surface area contributed by atoms with E-state index in [2.05, 4.69) is 17.6 Å². The summed E-state index contributed by atoms with van der Waals surface area (Å²) in [6.07, 6.45) is 2.41. The average Bonchev–Trinajstić information content (AvgIpc) is 2.68. The summed E-state index contributed by atoms with van der Waals surface area (Å²) in [7, 11) is 1.62. The van der Waals surface area contributed by atoms with Gasteiger partial charge in [0.2, 0.25) is 11.8 Å². The molecule has 8 nitrogen and oxygen atoms in total. The van der Waals surface area contributed by atoms with E-state index >= 15 is 0 Å². The third-order valence-corrected chi connectivity index (χ3v) is 4.12. The molecule has 0 fully saturated rings. The maximum Gasteiger partial charge on any atom is 0.252 e. The molecule has 0 bridgehead atoms. The molecule has 29 heavy (non-hydrogen) atoms. The molecular weight excluding hydrogens is 374 g/mol. The molecule has 1 rings (SSSR count). The van der Waals surface area contributed by atoms with Gasteiger partial charge in [-0.1, -0.05) is 25.5 Å². The second kappa shape index (κ2) is 13.4. The minimum Gasteiger partial charge on any atom is -0.364 e. The Labute approximate surface area is 172 Å². The first-order valence-corrected chi connectivity index (χ1v) is 9.79. The number of ketones is 1. The van der Waals surface area contributed by atoms with Crippen LogP contribution in [0.4, 0.5) is 5.69 Å². The number of carbonyl (C=O) groups is 4. The molecule has 0 spiro atoms. The number of Topliss-reactive ketones (excluding diaryl/α,β-unsaturated/α-hetero) is 1. The normalized spacial score (nSPS) is 10.3. The molecular formula is C21H31N3O5. The van der Waals surface area contributed by atoms with Crippen molar-refractivity contribution in [2.45, 2.75) is 39.5 Å². The maximum atomic E-state index is 12.0. The molecule has 0 aromatic heterocycles. The topological polar surface area (TPSA) is 105 Å². The van der Waals surface area contributed by atoms with Crippen LogP contribution in [0.1, 0.15) is 38.7 Å². The van der Waals surface area contributed by atoms with E-state index in [0.717, 1.165) is 18.4 Å². The third kappa shape index (κ3) is 10.4. The first-order chi connectivity index (χ1) is 13.8. The highest BCUT2D eigenvalue weighted by molar-refractivity contribution is 5.94. The van der Waals surface area contributed by atoms with E-state index in [9.17, 15) is 19.2 Å². The molecule has 0 heterocycles. The molecule has 0 saturated heterocycles. The van der Waals surface area contributed by atoms with Gasteiger partial charge in [0, 0.05) is 32.2 Å². The minimum atomic E-state index is -0.269. The van der Waals surface area contributed by atoms with Crippen LogP contribution in [-0.2, 0) is 30.3 Å². The highest BCUT2D eigenvalue weighted by Crippen LogP contribution is 2.14. The highest BCUT2D eigenvalue weighted by Gasteiger charge is 2.12. The lowest BCUT2D eigenvalue weighted by Crippen LogP contribution is -2.32. The van der Waals surface area contributed by atoms with Crippen LogP contribution in [-0.4, -0.2) is 56.9 Å². The number of unbranched alkanes of at least 4 members (excludes halogenated alkanes) is 1. The van der Waals surface area contributed by atoms with Gasteiger partial charge in [-0.25, -0.2) is 0 Å². The lowest BCUT2D eigenvalue weighted by Gasteiger charge is -2.17. The first kappa shape index (κ1) is 24.3. The lowest BCUT2D eigenvalue weighted by molar-refractivity contribution is -0.127. The molecule has 3 amide bonds. The van der Waals surface area contributed by atoms with Crippen LogP contribution in [0, 0.1) is 0 Å². The largest absolute Gasteiger partial charge is 0.364 e. The molecule has 0 aliphatic heterocycles. The Kier molecular flexibility index (Phi) is 11.3. The van der Waals surface area contributed by atoms with Crippen LogP contribution in [0.15, 0.2) is 24.3 Å². The predicted molar refractivity (Wildman–Crippen MR) is 111 cm³/mol. The van der Waals surface area contributed by atoms with E-state index in [-0.39, 0.29) is 49.6 Å². The molecule has 1 aromatic rings. The summed E-state index contributed by atoms with van der Waals surface area (Å²) in [5.74, 6) is -0.640. The van der Waals surface area contributed by atoms with Crippen molar-refractivity contribution in [3.05, 3.63) is 29.8 Å². The van der Waals surface area contributed by atoms with E-state index in [0.29, 0.717) is 18.8 Å². The summed E-state index contributed by atoms with van der Waals surface area (Å²) in [4.78, 5) is 47.9. The molecule has 160 valence electrons.